The average Bonchev–Trinajstić information content (AvgIpc) is 2.86. The first-order valence-electron chi connectivity index (χ1n) is 4.84. The quantitative estimate of drug-likeness (QED) is 0.702. The molecule has 7 nitrogen and oxygen atoms in total. The topological polar surface area (TPSA) is 125 Å². The highest BCUT2D eigenvalue weighted by molar-refractivity contribution is 7.92. The Balaban J connectivity index is 2.33. The third kappa shape index (κ3) is 2.26. The van der Waals surface area contributed by atoms with Crippen LogP contribution >= 0.6 is 0 Å². The Morgan fingerprint density at radius 1 is 1.44 bits per heavy atom. The number of aromatic nitrogens is 2. The lowest BCUT2D eigenvalue weighted by molar-refractivity contribution is 0.601. The molecule has 2 aromatic rings. The SMILES string of the molecule is N#Cc1ccc(NS(=O)(=O)c2cn[nH]c2)c(N)c1. The van der Waals surface area contributed by atoms with Crippen LogP contribution in [0.15, 0.2) is 35.5 Å². The molecule has 0 aliphatic carbocycles. The molecule has 1 heterocycles. The summed E-state index contributed by atoms with van der Waals surface area (Å²) in [6, 6.07) is 6.22. The van der Waals surface area contributed by atoms with Crippen LogP contribution in [0, 0.1) is 11.3 Å². The van der Waals surface area contributed by atoms with Gasteiger partial charge in [-0.2, -0.15) is 10.4 Å². The van der Waals surface area contributed by atoms with E-state index in [-0.39, 0.29) is 16.3 Å². The maximum absolute atomic E-state index is 11.9. The van der Waals surface area contributed by atoms with Crippen LogP contribution in [0.25, 0.3) is 0 Å². The van der Waals surface area contributed by atoms with E-state index in [1.165, 1.54) is 30.6 Å². The van der Waals surface area contributed by atoms with Crippen molar-refractivity contribution in [3.05, 3.63) is 36.2 Å². The van der Waals surface area contributed by atoms with E-state index >= 15 is 0 Å². The lowest BCUT2D eigenvalue weighted by Gasteiger charge is -2.08. The smallest absolute Gasteiger partial charge is 0.265 e. The van der Waals surface area contributed by atoms with Gasteiger partial charge in [-0.15, -0.1) is 0 Å². The van der Waals surface area contributed by atoms with Crippen molar-refractivity contribution < 1.29 is 8.42 Å². The van der Waals surface area contributed by atoms with E-state index in [0.717, 1.165) is 0 Å². The van der Waals surface area contributed by atoms with Crippen molar-refractivity contribution >= 4 is 21.4 Å². The number of benzene rings is 1. The monoisotopic (exact) mass is 263 g/mol. The van der Waals surface area contributed by atoms with Crippen LogP contribution < -0.4 is 10.5 Å². The lowest BCUT2D eigenvalue weighted by atomic mass is 10.2. The summed E-state index contributed by atoms with van der Waals surface area (Å²) in [6.07, 6.45) is 2.43. The number of nitrogens with one attached hydrogen (secondary N) is 2. The third-order valence-electron chi connectivity index (χ3n) is 2.21. The van der Waals surface area contributed by atoms with Crippen molar-refractivity contribution in [3.8, 4) is 6.07 Å². The second-order valence-corrected chi connectivity index (χ2v) is 5.14. The van der Waals surface area contributed by atoms with Gasteiger partial charge in [-0.1, -0.05) is 0 Å². The molecule has 0 unspecified atom stereocenters. The number of rotatable bonds is 3. The average molecular weight is 263 g/mol. The highest BCUT2D eigenvalue weighted by Crippen LogP contribution is 2.22. The minimum absolute atomic E-state index is 0.00580. The molecule has 92 valence electrons. The van der Waals surface area contributed by atoms with Gasteiger partial charge in [0.25, 0.3) is 10.0 Å². The van der Waals surface area contributed by atoms with E-state index in [2.05, 4.69) is 14.9 Å². The van der Waals surface area contributed by atoms with E-state index in [0.29, 0.717) is 5.56 Å². The molecule has 0 saturated carbocycles. The Hall–Kier alpha value is -2.53. The molecule has 2 rings (SSSR count). The fourth-order valence-electron chi connectivity index (χ4n) is 1.31. The second kappa shape index (κ2) is 4.38. The molecule has 4 N–H and O–H groups in total. The van der Waals surface area contributed by atoms with Crippen molar-refractivity contribution in [1.82, 2.24) is 10.2 Å². The molecule has 0 aliphatic rings. The zero-order valence-corrected chi connectivity index (χ0v) is 9.90. The number of H-pyrrole nitrogens is 1. The van der Waals surface area contributed by atoms with Gasteiger partial charge >= 0.3 is 0 Å². The number of sulfonamides is 1. The van der Waals surface area contributed by atoms with Gasteiger partial charge in [0.2, 0.25) is 0 Å². The summed E-state index contributed by atoms with van der Waals surface area (Å²) in [6.45, 7) is 0. The number of nitrogens with two attached hydrogens (primary N) is 1. The van der Waals surface area contributed by atoms with Gasteiger partial charge in [-0.3, -0.25) is 9.82 Å². The highest BCUT2D eigenvalue weighted by Gasteiger charge is 2.16. The molecule has 0 aliphatic heterocycles. The Kier molecular flexibility index (Phi) is 2.91. The van der Waals surface area contributed by atoms with Gasteiger partial charge in [0.05, 0.1) is 29.2 Å². The van der Waals surface area contributed by atoms with E-state index in [4.69, 9.17) is 11.0 Å². The largest absolute Gasteiger partial charge is 0.397 e. The molecule has 8 heteroatoms. The maximum Gasteiger partial charge on any atom is 0.265 e. The molecule has 0 amide bonds. The number of nitrogens with zero attached hydrogens (tertiary/aromatic N) is 2. The number of hydrogen-bond donors (Lipinski definition) is 3. The lowest BCUT2D eigenvalue weighted by Crippen LogP contribution is -2.13. The van der Waals surface area contributed by atoms with Crippen LogP contribution in [0.3, 0.4) is 0 Å². The van der Waals surface area contributed by atoms with Crippen molar-refractivity contribution in [2.24, 2.45) is 0 Å². The molecule has 1 aromatic carbocycles. The van der Waals surface area contributed by atoms with Gasteiger partial charge in [0.15, 0.2) is 0 Å². The zero-order valence-electron chi connectivity index (χ0n) is 9.08. The van der Waals surface area contributed by atoms with E-state index in [1.807, 2.05) is 6.07 Å². The molecule has 0 radical (unpaired) electrons. The van der Waals surface area contributed by atoms with Gasteiger partial charge in [0, 0.05) is 6.20 Å². The molecule has 18 heavy (non-hydrogen) atoms. The van der Waals surface area contributed by atoms with Gasteiger partial charge < -0.3 is 5.73 Å². The first-order valence-corrected chi connectivity index (χ1v) is 6.32. The minimum Gasteiger partial charge on any atom is -0.397 e. The van der Waals surface area contributed by atoms with Gasteiger partial charge in [-0.05, 0) is 18.2 Å². The van der Waals surface area contributed by atoms with Crippen molar-refractivity contribution in [3.63, 3.8) is 0 Å². The number of anilines is 2. The summed E-state index contributed by atoms with van der Waals surface area (Å²) >= 11 is 0. The van der Waals surface area contributed by atoms with Crippen molar-refractivity contribution in [2.45, 2.75) is 4.90 Å². The summed E-state index contributed by atoms with van der Waals surface area (Å²) in [5, 5.41) is 14.7. The Labute approximate surface area is 103 Å². The molecule has 1 aromatic heterocycles. The number of aromatic amines is 1. The Morgan fingerprint density at radius 2 is 2.22 bits per heavy atom. The Morgan fingerprint density at radius 3 is 2.78 bits per heavy atom. The number of nitrogen functional groups attached to an aromatic ring is 1. The standard InChI is InChI=1S/C10H9N5O2S/c11-4-7-1-2-10(9(12)3-7)15-18(16,17)8-5-13-14-6-8/h1-3,5-6,15H,12H2,(H,13,14). The summed E-state index contributed by atoms with van der Waals surface area (Å²) in [5.74, 6) is 0. The first-order chi connectivity index (χ1) is 8.53. The summed E-state index contributed by atoms with van der Waals surface area (Å²) in [5.41, 5.74) is 6.42. The summed E-state index contributed by atoms with van der Waals surface area (Å²) in [7, 11) is -3.72. The number of nitriles is 1. The summed E-state index contributed by atoms with van der Waals surface area (Å²) < 4.78 is 26.1. The fraction of sp³-hybridized carbons (Fsp3) is 0. The predicted octanol–water partition coefficient (Wildman–Crippen LogP) is 0.664. The molecule has 0 atom stereocenters. The summed E-state index contributed by atoms with van der Waals surface area (Å²) in [4.78, 5) is 0.00580. The van der Waals surface area contributed by atoms with Crippen molar-refractivity contribution in [1.29, 1.82) is 5.26 Å². The Bertz CT molecular complexity index is 700. The normalized spacial score (nSPS) is 10.8. The fourth-order valence-corrected chi connectivity index (χ4v) is 2.31. The van der Waals surface area contributed by atoms with Crippen LogP contribution in [-0.4, -0.2) is 18.6 Å². The molecular formula is C10H9N5O2S. The first kappa shape index (κ1) is 11.9. The minimum atomic E-state index is -3.72. The van der Waals surface area contributed by atoms with Gasteiger partial charge in [-0.25, -0.2) is 8.42 Å². The molecule has 0 fully saturated rings. The van der Waals surface area contributed by atoms with Crippen LogP contribution in [0.2, 0.25) is 0 Å². The van der Waals surface area contributed by atoms with Crippen molar-refractivity contribution in [2.75, 3.05) is 10.5 Å². The second-order valence-electron chi connectivity index (χ2n) is 3.45. The van der Waals surface area contributed by atoms with Crippen LogP contribution in [0.5, 0.6) is 0 Å². The number of hydrogen-bond acceptors (Lipinski definition) is 5. The molecular weight excluding hydrogens is 254 g/mol. The molecule has 0 bridgehead atoms. The molecule has 0 saturated heterocycles. The van der Waals surface area contributed by atoms with Gasteiger partial charge in [0.1, 0.15) is 4.90 Å². The zero-order chi connectivity index (χ0) is 13.2. The van der Waals surface area contributed by atoms with E-state index in [1.54, 1.807) is 0 Å². The molecule has 0 spiro atoms. The van der Waals surface area contributed by atoms with Crippen LogP contribution in [0.1, 0.15) is 5.56 Å². The van der Waals surface area contributed by atoms with Crippen LogP contribution in [-0.2, 0) is 10.0 Å². The van der Waals surface area contributed by atoms with E-state index in [9.17, 15) is 8.42 Å². The third-order valence-corrected chi connectivity index (χ3v) is 3.54. The van der Waals surface area contributed by atoms with E-state index < -0.39 is 10.0 Å². The predicted molar refractivity (Wildman–Crippen MR) is 65.0 cm³/mol. The highest BCUT2D eigenvalue weighted by atomic mass is 32.2. The van der Waals surface area contributed by atoms with Crippen LogP contribution in [0.4, 0.5) is 11.4 Å². The maximum atomic E-state index is 11.9.